The Balaban J connectivity index is 1.71. The van der Waals surface area contributed by atoms with E-state index in [9.17, 15) is 0 Å². The predicted molar refractivity (Wildman–Crippen MR) is 122 cm³/mol. The van der Waals surface area contributed by atoms with Gasteiger partial charge in [0.15, 0.2) is 5.96 Å². The average molecular weight is 421 g/mol. The molecule has 1 aliphatic rings. The number of morpholine rings is 1. The van der Waals surface area contributed by atoms with Gasteiger partial charge in [-0.05, 0) is 37.0 Å². The van der Waals surface area contributed by atoms with E-state index in [4.69, 9.17) is 14.2 Å². The molecule has 0 spiro atoms. The van der Waals surface area contributed by atoms with Gasteiger partial charge in [0, 0.05) is 46.4 Å². The van der Waals surface area contributed by atoms with E-state index in [0.717, 1.165) is 69.7 Å². The molecule has 1 saturated heterocycles. The lowest BCUT2D eigenvalue weighted by atomic mass is 10.0. The second kappa shape index (κ2) is 14.2. The molecule has 2 N–H and O–H groups in total. The van der Waals surface area contributed by atoms with E-state index >= 15 is 0 Å². The summed E-state index contributed by atoms with van der Waals surface area (Å²) >= 11 is 0. The molecule has 1 atom stereocenters. The Labute approximate surface area is 182 Å². The van der Waals surface area contributed by atoms with Crippen molar-refractivity contribution in [3.63, 3.8) is 0 Å². The highest BCUT2D eigenvalue weighted by Gasteiger charge is 2.13. The SMILES string of the molecule is CCOC(CCNC(=NC)NCc1cccc(OCCN2CCOCC2)c1)C(C)C. The van der Waals surface area contributed by atoms with E-state index in [2.05, 4.69) is 46.5 Å². The van der Waals surface area contributed by atoms with Crippen molar-refractivity contribution in [1.82, 2.24) is 15.5 Å². The predicted octanol–water partition coefficient (Wildman–Crippen LogP) is 2.51. The number of rotatable bonds is 12. The Bertz CT molecular complexity index is 618. The zero-order valence-corrected chi connectivity index (χ0v) is 19.2. The number of nitrogens with one attached hydrogen (secondary N) is 2. The van der Waals surface area contributed by atoms with Crippen molar-refractivity contribution < 1.29 is 14.2 Å². The molecule has 1 aromatic carbocycles. The molecule has 0 aromatic heterocycles. The lowest BCUT2D eigenvalue weighted by Crippen LogP contribution is -2.39. The van der Waals surface area contributed by atoms with Gasteiger partial charge in [-0.15, -0.1) is 0 Å². The number of ether oxygens (including phenoxy) is 3. The lowest BCUT2D eigenvalue weighted by Gasteiger charge is -2.26. The minimum Gasteiger partial charge on any atom is -0.492 e. The van der Waals surface area contributed by atoms with Crippen LogP contribution >= 0.6 is 0 Å². The molecule has 1 aliphatic heterocycles. The third-order valence-electron chi connectivity index (χ3n) is 5.21. The molecule has 1 heterocycles. The fourth-order valence-corrected chi connectivity index (χ4v) is 3.43. The second-order valence-corrected chi connectivity index (χ2v) is 7.83. The fraction of sp³-hybridized carbons (Fsp3) is 0.696. The van der Waals surface area contributed by atoms with Crippen LogP contribution in [0, 0.1) is 5.92 Å². The summed E-state index contributed by atoms with van der Waals surface area (Å²) in [6.07, 6.45) is 1.23. The summed E-state index contributed by atoms with van der Waals surface area (Å²) in [5.41, 5.74) is 1.16. The van der Waals surface area contributed by atoms with Crippen molar-refractivity contribution in [2.45, 2.75) is 39.8 Å². The average Bonchev–Trinajstić information content (AvgIpc) is 2.76. The van der Waals surface area contributed by atoms with Crippen LogP contribution in [0.5, 0.6) is 5.75 Å². The van der Waals surface area contributed by atoms with Crippen LogP contribution < -0.4 is 15.4 Å². The Morgan fingerprint density at radius 3 is 2.73 bits per heavy atom. The molecule has 7 nitrogen and oxygen atoms in total. The van der Waals surface area contributed by atoms with Gasteiger partial charge in [-0.3, -0.25) is 9.89 Å². The monoisotopic (exact) mass is 420 g/mol. The van der Waals surface area contributed by atoms with Crippen LogP contribution in [0.2, 0.25) is 0 Å². The summed E-state index contributed by atoms with van der Waals surface area (Å²) in [7, 11) is 1.79. The quantitative estimate of drug-likeness (QED) is 0.400. The molecule has 1 fully saturated rings. The number of aliphatic imine (C=N–C) groups is 1. The lowest BCUT2D eigenvalue weighted by molar-refractivity contribution is 0.0258. The molecule has 1 unspecified atom stereocenters. The Morgan fingerprint density at radius 1 is 1.23 bits per heavy atom. The van der Waals surface area contributed by atoms with E-state index in [1.165, 1.54) is 0 Å². The van der Waals surface area contributed by atoms with E-state index in [1.807, 2.05) is 19.1 Å². The van der Waals surface area contributed by atoms with Crippen LogP contribution in [-0.2, 0) is 16.0 Å². The van der Waals surface area contributed by atoms with Gasteiger partial charge >= 0.3 is 0 Å². The van der Waals surface area contributed by atoms with Crippen molar-refractivity contribution in [2.24, 2.45) is 10.9 Å². The first-order chi connectivity index (χ1) is 14.6. The van der Waals surface area contributed by atoms with E-state index < -0.39 is 0 Å². The van der Waals surface area contributed by atoms with Gasteiger partial charge < -0.3 is 24.8 Å². The molecule has 30 heavy (non-hydrogen) atoms. The van der Waals surface area contributed by atoms with Crippen molar-refractivity contribution in [3.05, 3.63) is 29.8 Å². The number of benzene rings is 1. The van der Waals surface area contributed by atoms with Crippen LogP contribution in [0.25, 0.3) is 0 Å². The maximum atomic E-state index is 5.95. The summed E-state index contributed by atoms with van der Waals surface area (Å²) in [6, 6.07) is 8.23. The van der Waals surface area contributed by atoms with Crippen molar-refractivity contribution in [1.29, 1.82) is 0 Å². The molecule has 1 aromatic rings. The number of hydrogen-bond acceptors (Lipinski definition) is 5. The minimum atomic E-state index is 0.270. The number of hydrogen-bond donors (Lipinski definition) is 2. The Morgan fingerprint density at radius 2 is 2.03 bits per heavy atom. The summed E-state index contributed by atoms with van der Waals surface area (Å²) in [6.45, 7) is 14.0. The summed E-state index contributed by atoms with van der Waals surface area (Å²) in [5.74, 6) is 2.21. The normalized spacial score (nSPS) is 16.5. The van der Waals surface area contributed by atoms with Crippen LogP contribution in [0.4, 0.5) is 0 Å². The van der Waals surface area contributed by atoms with E-state index in [1.54, 1.807) is 7.05 Å². The maximum Gasteiger partial charge on any atom is 0.191 e. The van der Waals surface area contributed by atoms with Crippen LogP contribution in [0.3, 0.4) is 0 Å². The standard InChI is InChI=1S/C23H40N4O3/c1-5-29-22(19(2)3)9-10-25-23(24-4)26-18-20-7-6-8-21(17-20)30-16-13-27-11-14-28-15-12-27/h6-8,17,19,22H,5,9-16,18H2,1-4H3,(H2,24,25,26). The molecule has 0 aliphatic carbocycles. The van der Waals surface area contributed by atoms with Crippen molar-refractivity contribution >= 4 is 5.96 Å². The molecule has 0 amide bonds. The second-order valence-electron chi connectivity index (χ2n) is 7.83. The van der Waals surface area contributed by atoms with Gasteiger partial charge in [0.05, 0.1) is 19.3 Å². The minimum absolute atomic E-state index is 0.270. The summed E-state index contributed by atoms with van der Waals surface area (Å²) in [5, 5.41) is 6.76. The third-order valence-corrected chi connectivity index (χ3v) is 5.21. The summed E-state index contributed by atoms with van der Waals surface area (Å²) < 4.78 is 17.1. The van der Waals surface area contributed by atoms with Gasteiger partial charge in [0.1, 0.15) is 12.4 Å². The molecular weight excluding hydrogens is 380 g/mol. The van der Waals surface area contributed by atoms with E-state index in [-0.39, 0.29) is 6.10 Å². The Hall–Kier alpha value is -1.83. The first kappa shape index (κ1) is 24.4. The summed E-state index contributed by atoms with van der Waals surface area (Å²) in [4.78, 5) is 6.70. The van der Waals surface area contributed by atoms with Crippen molar-refractivity contribution in [3.8, 4) is 5.75 Å². The van der Waals surface area contributed by atoms with Gasteiger partial charge in [0.2, 0.25) is 0 Å². The van der Waals surface area contributed by atoms with E-state index in [0.29, 0.717) is 19.1 Å². The third kappa shape index (κ3) is 9.32. The molecule has 170 valence electrons. The molecule has 0 saturated carbocycles. The molecule has 2 rings (SSSR count). The van der Waals surface area contributed by atoms with Crippen molar-refractivity contribution in [2.75, 3.05) is 59.7 Å². The van der Waals surface area contributed by atoms with Gasteiger partial charge in [-0.1, -0.05) is 26.0 Å². The smallest absolute Gasteiger partial charge is 0.191 e. The highest BCUT2D eigenvalue weighted by molar-refractivity contribution is 5.79. The van der Waals surface area contributed by atoms with Gasteiger partial charge in [-0.25, -0.2) is 0 Å². The van der Waals surface area contributed by atoms with Gasteiger partial charge in [0.25, 0.3) is 0 Å². The van der Waals surface area contributed by atoms with Crippen LogP contribution in [0.1, 0.15) is 32.8 Å². The largest absolute Gasteiger partial charge is 0.492 e. The maximum absolute atomic E-state index is 5.95. The zero-order valence-electron chi connectivity index (χ0n) is 19.2. The number of guanidine groups is 1. The number of nitrogens with zero attached hydrogens (tertiary/aromatic N) is 2. The van der Waals surface area contributed by atoms with Crippen LogP contribution in [0.15, 0.2) is 29.3 Å². The zero-order chi connectivity index (χ0) is 21.6. The molecule has 0 radical (unpaired) electrons. The first-order valence-corrected chi connectivity index (χ1v) is 11.2. The fourth-order valence-electron chi connectivity index (χ4n) is 3.43. The Kier molecular flexibility index (Phi) is 11.6. The highest BCUT2D eigenvalue weighted by Crippen LogP contribution is 2.13. The van der Waals surface area contributed by atoms with Gasteiger partial charge in [-0.2, -0.15) is 0 Å². The molecular formula is C23H40N4O3. The molecule has 7 heteroatoms. The highest BCUT2D eigenvalue weighted by atomic mass is 16.5. The topological polar surface area (TPSA) is 67.3 Å². The molecule has 0 bridgehead atoms. The first-order valence-electron chi connectivity index (χ1n) is 11.2. The van der Waals surface area contributed by atoms with Crippen LogP contribution in [-0.4, -0.2) is 76.6 Å².